The van der Waals surface area contributed by atoms with Crippen molar-refractivity contribution in [2.24, 2.45) is 5.92 Å². The first-order valence-corrected chi connectivity index (χ1v) is 12.1. The van der Waals surface area contributed by atoms with Crippen LogP contribution in [-0.2, 0) is 12.8 Å². The molecule has 188 valence electrons. The Kier molecular flexibility index (Phi) is 7.62. The van der Waals surface area contributed by atoms with Gasteiger partial charge in [-0.05, 0) is 84.6 Å². The minimum absolute atomic E-state index is 0.0572. The van der Waals surface area contributed by atoms with E-state index in [1.807, 2.05) is 12.1 Å². The van der Waals surface area contributed by atoms with Crippen molar-refractivity contribution in [1.29, 1.82) is 0 Å². The van der Waals surface area contributed by atoms with Gasteiger partial charge in [-0.3, -0.25) is 0 Å². The van der Waals surface area contributed by atoms with E-state index in [2.05, 4.69) is 17.7 Å². The first kappa shape index (κ1) is 25.4. The molecule has 0 bridgehead atoms. The predicted molar refractivity (Wildman–Crippen MR) is 124 cm³/mol. The lowest BCUT2D eigenvalue weighted by molar-refractivity contribution is -0.276. The minimum Gasteiger partial charge on any atom is -0.399 e. The number of alkyl halides is 3. The summed E-state index contributed by atoms with van der Waals surface area (Å²) in [6.07, 6.45) is 2.25. The highest BCUT2D eigenvalue weighted by Gasteiger charge is 2.34. The molecule has 3 aromatic rings. The molecule has 7 heteroatoms. The molecule has 1 nitrogen and oxygen atoms in total. The number of aryl methyl sites for hydroxylation is 2. The Bertz CT molecular complexity index is 1160. The van der Waals surface area contributed by atoms with E-state index in [9.17, 15) is 22.0 Å². The van der Waals surface area contributed by atoms with E-state index in [4.69, 9.17) is 0 Å². The van der Waals surface area contributed by atoms with Crippen LogP contribution in [0.2, 0.25) is 0 Å². The van der Waals surface area contributed by atoms with Crippen LogP contribution in [0.3, 0.4) is 0 Å². The molecular weight excluding hydrogens is 466 g/mol. The van der Waals surface area contributed by atoms with E-state index in [0.717, 1.165) is 36.3 Å². The molecule has 1 saturated carbocycles. The van der Waals surface area contributed by atoms with E-state index < -0.39 is 29.6 Å². The number of benzene rings is 3. The van der Waals surface area contributed by atoms with Crippen LogP contribution in [0.15, 0.2) is 42.5 Å². The summed E-state index contributed by atoms with van der Waals surface area (Å²) < 4.78 is 83.5. The van der Waals surface area contributed by atoms with Crippen LogP contribution in [0.5, 0.6) is 5.75 Å². The molecule has 0 saturated heterocycles. The van der Waals surface area contributed by atoms with Crippen molar-refractivity contribution < 1.29 is 31.1 Å². The Hall–Kier alpha value is -2.70. The predicted octanol–water partition coefficient (Wildman–Crippen LogP) is 9.01. The summed E-state index contributed by atoms with van der Waals surface area (Å²) in [6.45, 7) is 2.22. The number of ether oxygens (including phenoxy) is 1. The lowest BCUT2D eigenvalue weighted by atomic mass is 9.77. The summed E-state index contributed by atoms with van der Waals surface area (Å²) in [7, 11) is 0. The van der Waals surface area contributed by atoms with Crippen LogP contribution >= 0.6 is 0 Å². The van der Waals surface area contributed by atoms with E-state index in [0.29, 0.717) is 16.9 Å². The molecule has 0 heterocycles. The SMILES string of the molecule is CCCC1CCC(c2ccc3c(F)c(CCc4cc(F)c(OC(F)(F)F)c(F)c4)ccc3c2)CC1. The number of fused-ring (bicyclic) bond motifs is 1. The molecule has 0 radical (unpaired) electrons. The maximum Gasteiger partial charge on any atom is 0.573 e. The van der Waals surface area contributed by atoms with Crippen molar-refractivity contribution in [3.05, 3.63) is 76.6 Å². The number of hydrogen-bond acceptors (Lipinski definition) is 1. The van der Waals surface area contributed by atoms with Gasteiger partial charge in [0.1, 0.15) is 5.82 Å². The molecule has 1 aliphatic carbocycles. The molecule has 1 aliphatic rings. The molecule has 0 atom stereocenters. The van der Waals surface area contributed by atoms with Gasteiger partial charge in [-0.15, -0.1) is 13.2 Å². The van der Waals surface area contributed by atoms with Crippen LogP contribution in [0, 0.1) is 23.4 Å². The molecule has 0 N–H and O–H groups in total. The molecule has 1 fully saturated rings. The maximum absolute atomic E-state index is 15.2. The highest BCUT2D eigenvalue weighted by Crippen LogP contribution is 2.38. The third-order valence-corrected chi connectivity index (χ3v) is 7.03. The molecule has 4 rings (SSSR count). The Morgan fingerprint density at radius 1 is 0.857 bits per heavy atom. The van der Waals surface area contributed by atoms with Crippen molar-refractivity contribution in [1.82, 2.24) is 0 Å². The normalized spacial score (nSPS) is 18.7. The fourth-order valence-corrected chi connectivity index (χ4v) is 5.24. The largest absolute Gasteiger partial charge is 0.573 e. The van der Waals surface area contributed by atoms with E-state index >= 15 is 4.39 Å². The monoisotopic (exact) mass is 494 g/mol. The second kappa shape index (κ2) is 10.5. The number of rotatable bonds is 7. The Morgan fingerprint density at radius 2 is 1.54 bits per heavy atom. The molecule has 0 unspecified atom stereocenters. The Labute approximate surface area is 201 Å². The quantitative estimate of drug-likeness (QED) is 0.298. The van der Waals surface area contributed by atoms with Crippen LogP contribution in [0.1, 0.15) is 68.1 Å². The standard InChI is InChI=1S/C28H28F6O/c1-2-3-17-4-7-19(8-5-17)21-12-13-23-22(16-21)11-10-20(26(23)31)9-6-18-14-24(29)27(25(30)15-18)35-28(32,33)34/h10-17,19H,2-9H2,1H3. The van der Waals surface area contributed by atoms with Gasteiger partial charge in [0.25, 0.3) is 0 Å². The van der Waals surface area contributed by atoms with Gasteiger partial charge in [0.15, 0.2) is 11.6 Å². The molecule has 0 amide bonds. The van der Waals surface area contributed by atoms with Crippen LogP contribution in [0.25, 0.3) is 10.8 Å². The lowest BCUT2D eigenvalue weighted by Gasteiger charge is -2.28. The summed E-state index contributed by atoms with van der Waals surface area (Å²) in [5, 5.41) is 1.29. The summed E-state index contributed by atoms with van der Waals surface area (Å²) in [4.78, 5) is 0. The molecule has 0 spiro atoms. The van der Waals surface area contributed by atoms with Gasteiger partial charge in [-0.1, -0.05) is 50.1 Å². The number of halogens is 6. The molecular formula is C28H28F6O. The van der Waals surface area contributed by atoms with Gasteiger partial charge in [0.05, 0.1) is 0 Å². The van der Waals surface area contributed by atoms with Gasteiger partial charge in [-0.2, -0.15) is 0 Å². The molecule has 0 aromatic heterocycles. The van der Waals surface area contributed by atoms with Crippen molar-refractivity contribution >= 4 is 10.8 Å². The van der Waals surface area contributed by atoms with E-state index in [-0.39, 0.29) is 18.4 Å². The van der Waals surface area contributed by atoms with E-state index in [1.54, 1.807) is 12.1 Å². The zero-order valence-electron chi connectivity index (χ0n) is 19.5. The first-order chi connectivity index (χ1) is 16.6. The van der Waals surface area contributed by atoms with Crippen molar-refractivity contribution in [3.8, 4) is 5.75 Å². The van der Waals surface area contributed by atoms with Crippen LogP contribution < -0.4 is 4.74 Å². The first-order valence-electron chi connectivity index (χ1n) is 12.1. The third-order valence-electron chi connectivity index (χ3n) is 7.03. The second-order valence-electron chi connectivity index (χ2n) is 9.46. The summed E-state index contributed by atoms with van der Waals surface area (Å²) in [5.74, 6) is -3.48. The van der Waals surface area contributed by atoms with Gasteiger partial charge < -0.3 is 4.74 Å². The topological polar surface area (TPSA) is 9.23 Å². The lowest BCUT2D eigenvalue weighted by Crippen LogP contribution is -2.19. The fraction of sp³-hybridized carbons (Fsp3) is 0.429. The number of hydrogen-bond donors (Lipinski definition) is 0. The Balaban J connectivity index is 1.46. The fourth-order valence-electron chi connectivity index (χ4n) is 5.24. The van der Waals surface area contributed by atoms with Crippen molar-refractivity contribution in [3.63, 3.8) is 0 Å². The Morgan fingerprint density at radius 3 is 2.17 bits per heavy atom. The highest BCUT2D eigenvalue weighted by molar-refractivity contribution is 5.84. The van der Waals surface area contributed by atoms with Gasteiger partial charge in [0.2, 0.25) is 5.75 Å². The second-order valence-corrected chi connectivity index (χ2v) is 9.46. The van der Waals surface area contributed by atoms with E-state index in [1.165, 1.54) is 31.2 Å². The molecule has 0 aliphatic heterocycles. The zero-order valence-corrected chi connectivity index (χ0v) is 19.5. The van der Waals surface area contributed by atoms with Gasteiger partial charge in [-0.25, -0.2) is 13.2 Å². The van der Waals surface area contributed by atoms with Gasteiger partial charge >= 0.3 is 6.36 Å². The highest BCUT2D eigenvalue weighted by atomic mass is 19.4. The van der Waals surface area contributed by atoms with Crippen molar-refractivity contribution in [2.75, 3.05) is 0 Å². The summed E-state index contributed by atoms with van der Waals surface area (Å²) >= 11 is 0. The smallest absolute Gasteiger partial charge is 0.399 e. The molecule has 3 aromatic carbocycles. The summed E-state index contributed by atoms with van der Waals surface area (Å²) in [6, 6.07) is 10.9. The van der Waals surface area contributed by atoms with Crippen LogP contribution in [-0.4, -0.2) is 6.36 Å². The zero-order chi connectivity index (χ0) is 25.2. The minimum atomic E-state index is -5.20. The van der Waals surface area contributed by atoms with Gasteiger partial charge in [0, 0.05) is 5.39 Å². The van der Waals surface area contributed by atoms with Crippen molar-refractivity contribution in [2.45, 2.75) is 70.6 Å². The average Bonchev–Trinajstić information content (AvgIpc) is 2.81. The third kappa shape index (κ3) is 6.11. The molecule has 35 heavy (non-hydrogen) atoms. The maximum atomic E-state index is 15.2. The van der Waals surface area contributed by atoms with Crippen LogP contribution in [0.4, 0.5) is 26.3 Å². The summed E-state index contributed by atoms with van der Waals surface area (Å²) in [5.41, 5.74) is 1.72. The average molecular weight is 495 g/mol.